The topological polar surface area (TPSA) is 115 Å². The van der Waals surface area contributed by atoms with Gasteiger partial charge in [0.2, 0.25) is 17.7 Å². The molecule has 0 bridgehead atoms. The van der Waals surface area contributed by atoms with Crippen molar-refractivity contribution in [3.63, 3.8) is 0 Å². The molecule has 0 aromatic carbocycles. The number of alkyl halides is 8. The number of hydrogen-bond donors (Lipinski definition) is 2. The van der Waals surface area contributed by atoms with Crippen LogP contribution in [0.5, 0.6) is 0 Å². The predicted octanol–water partition coefficient (Wildman–Crippen LogP) is 6.20. The zero-order valence-corrected chi connectivity index (χ0v) is 23.8. The van der Waals surface area contributed by atoms with Crippen molar-refractivity contribution in [2.24, 2.45) is 17.6 Å². The summed E-state index contributed by atoms with van der Waals surface area (Å²) >= 11 is 0. The second-order valence-corrected chi connectivity index (χ2v) is 11.8. The Morgan fingerprint density at radius 2 is 1.73 bits per heavy atom. The number of halogens is 8. The number of primary amides is 1. The smallest absolute Gasteiger partial charge is 0.366 e. The Bertz CT molecular complexity index is 1560. The van der Waals surface area contributed by atoms with E-state index in [0.717, 1.165) is 19.0 Å². The van der Waals surface area contributed by atoms with Crippen LogP contribution >= 0.6 is 0 Å². The summed E-state index contributed by atoms with van der Waals surface area (Å²) in [5, 5.41) is 6.97. The zero-order chi connectivity index (χ0) is 32.7. The molecule has 2 fully saturated rings. The number of aromatic nitrogens is 4. The number of rotatable bonds is 10. The molecule has 45 heavy (non-hydrogen) atoms. The maximum Gasteiger partial charge on any atom is 0.394 e. The third kappa shape index (κ3) is 8.06. The minimum absolute atomic E-state index is 0.0337. The van der Waals surface area contributed by atoms with E-state index in [9.17, 15) is 44.7 Å². The van der Waals surface area contributed by atoms with E-state index < -0.39 is 85.8 Å². The van der Waals surface area contributed by atoms with Gasteiger partial charge in [0.25, 0.3) is 0 Å². The van der Waals surface area contributed by atoms with E-state index in [4.69, 9.17) is 5.73 Å². The van der Waals surface area contributed by atoms with Crippen LogP contribution in [0.15, 0.2) is 30.7 Å². The molecule has 2 saturated carbocycles. The molecule has 2 aliphatic rings. The molecule has 2 atom stereocenters. The zero-order valence-electron chi connectivity index (χ0n) is 23.8. The fraction of sp³-hybridized carbons (Fsp3) is 0.552. The number of pyridine rings is 1. The first-order valence-electron chi connectivity index (χ1n) is 14.4. The van der Waals surface area contributed by atoms with Crippen LogP contribution in [0.1, 0.15) is 96.2 Å². The van der Waals surface area contributed by atoms with Gasteiger partial charge in [-0.1, -0.05) is 0 Å². The van der Waals surface area contributed by atoms with Gasteiger partial charge in [0.1, 0.15) is 0 Å². The van der Waals surface area contributed by atoms with Gasteiger partial charge in [0, 0.05) is 36.9 Å². The number of hydrogen-bond acceptors (Lipinski definition) is 5. The van der Waals surface area contributed by atoms with Crippen molar-refractivity contribution in [3.05, 3.63) is 58.8 Å². The molecule has 3 N–H and O–H groups in total. The summed E-state index contributed by atoms with van der Waals surface area (Å²) in [6.45, 7) is 0. The standard InChI is InChI=1S/C29H30F8N6O2/c30-27(31)7-3-15(4-8-27)23(24-18(26(38)45)6-10-39-19(24)12-29(35,36)37)20-14-43-21(41-20)11-17(13-40-43)25(16-1-2-16)42-22(44)5-9-28(32,33)34/h6,10-11,13-16,23,25H,1-5,7-9,12H2,(H2,38,45)(H,42,44)/t23-,25-/m1/s1. The van der Waals surface area contributed by atoms with Crippen molar-refractivity contribution >= 4 is 17.5 Å². The van der Waals surface area contributed by atoms with Gasteiger partial charge in [-0.25, -0.2) is 18.3 Å². The summed E-state index contributed by atoms with van der Waals surface area (Å²) in [6.07, 6.45) is -8.55. The second-order valence-electron chi connectivity index (χ2n) is 11.8. The third-order valence-corrected chi connectivity index (χ3v) is 8.33. The van der Waals surface area contributed by atoms with Crippen LogP contribution in [0.3, 0.4) is 0 Å². The first-order valence-corrected chi connectivity index (χ1v) is 14.4. The van der Waals surface area contributed by atoms with Crippen LogP contribution in [-0.4, -0.2) is 49.7 Å². The molecule has 0 spiro atoms. The molecule has 3 aromatic heterocycles. The molecule has 3 aromatic rings. The first kappa shape index (κ1) is 32.5. The van der Waals surface area contributed by atoms with E-state index >= 15 is 0 Å². The van der Waals surface area contributed by atoms with Crippen LogP contribution < -0.4 is 11.1 Å². The Kier molecular flexibility index (Phi) is 8.79. The van der Waals surface area contributed by atoms with Crippen LogP contribution in [0, 0.1) is 11.8 Å². The monoisotopic (exact) mass is 646 g/mol. The maximum absolute atomic E-state index is 14.2. The highest BCUT2D eigenvalue weighted by molar-refractivity contribution is 5.95. The minimum Gasteiger partial charge on any atom is -0.366 e. The minimum atomic E-state index is -4.71. The Morgan fingerprint density at radius 1 is 1.04 bits per heavy atom. The summed E-state index contributed by atoms with van der Waals surface area (Å²) in [7, 11) is 0. The average molecular weight is 647 g/mol. The van der Waals surface area contributed by atoms with E-state index in [-0.39, 0.29) is 41.2 Å². The highest BCUT2D eigenvalue weighted by atomic mass is 19.4. The number of imidazole rings is 1. The third-order valence-electron chi connectivity index (χ3n) is 8.33. The van der Waals surface area contributed by atoms with Gasteiger partial charge in [-0.3, -0.25) is 14.6 Å². The normalized spacial score (nSPS) is 18.9. The number of fused-ring (bicyclic) bond motifs is 1. The summed E-state index contributed by atoms with van der Waals surface area (Å²) in [4.78, 5) is 33.3. The molecule has 0 saturated heterocycles. The number of nitrogens with two attached hydrogens (primary N) is 1. The van der Waals surface area contributed by atoms with Gasteiger partial charge in [-0.15, -0.1) is 0 Å². The van der Waals surface area contributed by atoms with Gasteiger partial charge in [0.15, 0.2) is 5.65 Å². The number of carbonyl (C=O) groups is 2. The van der Waals surface area contributed by atoms with E-state index in [1.165, 1.54) is 23.0 Å². The van der Waals surface area contributed by atoms with Gasteiger partial charge in [0.05, 0.1) is 42.7 Å². The average Bonchev–Trinajstić information content (AvgIpc) is 3.69. The van der Waals surface area contributed by atoms with Crippen molar-refractivity contribution in [2.45, 2.75) is 88.0 Å². The summed E-state index contributed by atoms with van der Waals surface area (Å²) in [5.41, 5.74) is 5.57. The lowest BCUT2D eigenvalue weighted by atomic mass is 9.72. The van der Waals surface area contributed by atoms with Gasteiger partial charge < -0.3 is 11.1 Å². The quantitative estimate of drug-likeness (QED) is 0.255. The maximum atomic E-state index is 14.2. The lowest BCUT2D eigenvalue weighted by Gasteiger charge is -2.34. The molecule has 244 valence electrons. The number of amides is 2. The van der Waals surface area contributed by atoms with Crippen LogP contribution in [0.25, 0.3) is 5.65 Å². The molecule has 0 aliphatic heterocycles. The fourth-order valence-electron chi connectivity index (χ4n) is 6.06. The fourth-order valence-corrected chi connectivity index (χ4v) is 6.06. The Morgan fingerprint density at radius 3 is 2.33 bits per heavy atom. The Hall–Kier alpha value is -3.85. The van der Waals surface area contributed by atoms with Crippen molar-refractivity contribution in [1.82, 2.24) is 24.9 Å². The molecule has 16 heteroatoms. The van der Waals surface area contributed by atoms with Crippen molar-refractivity contribution in [3.8, 4) is 0 Å². The van der Waals surface area contributed by atoms with Gasteiger partial charge in [-0.05, 0) is 60.8 Å². The van der Waals surface area contributed by atoms with Crippen molar-refractivity contribution < 1.29 is 44.7 Å². The highest BCUT2D eigenvalue weighted by Gasteiger charge is 2.42. The van der Waals surface area contributed by atoms with E-state index in [2.05, 4.69) is 20.4 Å². The predicted molar refractivity (Wildman–Crippen MR) is 143 cm³/mol. The molecular formula is C29H30F8N6O2. The summed E-state index contributed by atoms with van der Waals surface area (Å²) in [6, 6.07) is 2.11. The molecule has 3 heterocycles. The Labute approximate surface area is 251 Å². The Balaban J connectivity index is 1.55. The molecule has 8 nitrogen and oxygen atoms in total. The first-order chi connectivity index (χ1) is 21.0. The van der Waals surface area contributed by atoms with Crippen molar-refractivity contribution in [1.29, 1.82) is 0 Å². The van der Waals surface area contributed by atoms with E-state index in [1.54, 1.807) is 6.07 Å². The molecule has 0 radical (unpaired) electrons. The van der Waals surface area contributed by atoms with Crippen LogP contribution in [-0.2, 0) is 11.2 Å². The largest absolute Gasteiger partial charge is 0.394 e. The van der Waals surface area contributed by atoms with Gasteiger partial charge in [-0.2, -0.15) is 31.4 Å². The highest BCUT2D eigenvalue weighted by Crippen LogP contribution is 2.47. The summed E-state index contributed by atoms with van der Waals surface area (Å²) in [5.74, 6) is -6.49. The summed E-state index contributed by atoms with van der Waals surface area (Å²) < 4.78 is 108. The molecule has 2 amide bonds. The number of nitrogens with one attached hydrogen (secondary N) is 1. The second kappa shape index (κ2) is 12.2. The number of nitrogens with zero attached hydrogens (tertiary/aromatic N) is 4. The molecule has 2 aliphatic carbocycles. The van der Waals surface area contributed by atoms with Crippen LogP contribution in [0.4, 0.5) is 35.1 Å². The molecule has 5 rings (SSSR count). The van der Waals surface area contributed by atoms with E-state index in [0.29, 0.717) is 5.56 Å². The molecular weight excluding hydrogens is 616 g/mol. The van der Waals surface area contributed by atoms with E-state index in [1.807, 2.05) is 0 Å². The lowest BCUT2D eigenvalue weighted by Crippen LogP contribution is -2.31. The van der Waals surface area contributed by atoms with Gasteiger partial charge >= 0.3 is 12.4 Å². The van der Waals surface area contributed by atoms with Crippen molar-refractivity contribution in [2.75, 3.05) is 0 Å². The van der Waals surface area contributed by atoms with Crippen LogP contribution in [0.2, 0.25) is 0 Å². The SMILES string of the molecule is NC(=O)c1ccnc(CC(F)(F)F)c1[C@@H](c1cn2ncc([C@H](NC(=O)CCC(F)(F)F)C3CC3)cc2n1)C1CCC(F)(F)CC1. The lowest BCUT2D eigenvalue weighted by molar-refractivity contribution is -0.144. The number of carbonyl (C=O) groups excluding carboxylic acids is 2. The molecule has 0 unspecified atom stereocenters.